The highest BCUT2D eigenvalue weighted by atomic mass is 16.7. The van der Waals surface area contributed by atoms with Gasteiger partial charge in [-0.15, -0.1) is 0 Å². The minimum absolute atomic E-state index is 0.0129. The molecule has 2 N–H and O–H groups in total. The molecule has 0 aliphatic carbocycles. The van der Waals surface area contributed by atoms with Crippen LogP contribution in [0.25, 0.3) is 10.8 Å². The van der Waals surface area contributed by atoms with Crippen LogP contribution in [-0.2, 0) is 0 Å². The van der Waals surface area contributed by atoms with E-state index >= 15 is 0 Å². The number of aromatic carboxylic acids is 1. The standard InChI is InChI=1S/C12H8O5/c13-9-4-6(12(14)15)3-8-7(9)1-2-10-11(8)17-5-16-10/h1-4,13H,5H2,(H,14,15). The van der Waals surface area contributed by atoms with E-state index in [1.165, 1.54) is 12.1 Å². The van der Waals surface area contributed by atoms with Crippen molar-refractivity contribution >= 4 is 16.7 Å². The van der Waals surface area contributed by atoms with Crippen molar-refractivity contribution in [2.45, 2.75) is 0 Å². The molecule has 1 aliphatic heterocycles. The van der Waals surface area contributed by atoms with Gasteiger partial charge in [-0.1, -0.05) is 0 Å². The Kier molecular flexibility index (Phi) is 1.89. The van der Waals surface area contributed by atoms with Crippen molar-refractivity contribution in [1.29, 1.82) is 0 Å². The molecule has 1 heterocycles. The van der Waals surface area contributed by atoms with Crippen molar-refractivity contribution in [1.82, 2.24) is 0 Å². The molecule has 0 unspecified atom stereocenters. The molecular weight excluding hydrogens is 224 g/mol. The Bertz CT molecular complexity index is 632. The van der Waals surface area contributed by atoms with Crippen molar-refractivity contribution in [2.24, 2.45) is 0 Å². The third kappa shape index (κ3) is 1.36. The van der Waals surface area contributed by atoms with Gasteiger partial charge in [-0.3, -0.25) is 0 Å². The zero-order chi connectivity index (χ0) is 12.0. The molecule has 5 heteroatoms. The number of phenolic OH excluding ortho intramolecular Hbond substituents is 1. The highest BCUT2D eigenvalue weighted by Crippen LogP contribution is 2.42. The molecule has 0 aromatic heterocycles. The Morgan fingerprint density at radius 2 is 2.00 bits per heavy atom. The third-order valence-electron chi connectivity index (χ3n) is 2.69. The molecule has 3 rings (SSSR count). The van der Waals surface area contributed by atoms with Gasteiger partial charge in [-0.25, -0.2) is 4.79 Å². The van der Waals surface area contributed by atoms with E-state index in [4.69, 9.17) is 14.6 Å². The van der Waals surface area contributed by atoms with Gasteiger partial charge < -0.3 is 19.7 Å². The van der Waals surface area contributed by atoms with Crippen molar-refractivity contribution in [2.75, 3.05) is 6.79 Å². The van der Waals surface area contributed by atoms with Gasteiger partial charge in [0.15, 0.2) is 11.5 Å². The highest BCUT2D eigenvalue weighted by molar-refractivity contribution is 6.01. The number of carboxylic acid groups (broad SMARTS) is 1. The van der Waals surface area contributed by atoms with Crippen LogP contribution in [0.4, 0.5) is 0 Å². The van der Waals surface area contributed by atoms with E-state index in [9.17, 15) is 9.90 Å². The lowest BCUT2D eigenvalue weighted by atomic mass is 10.0. The average molecular weight is 232 g/mol. The Balaban J connectivity index is 2.38. The first-order valence-corrected chi connectivity index (χ1v) is 4.95. The summed E-state index contributed by atoms with van der Waals surface area (Å²) in [6.45, 7) is 0.104. The van der Waals surface area contributed by atoms with Crippen LogP contribution in [0.5, 0.6) is 17.2 Å². The van der Waals surface area contributed by atoms with Gasteiger partial charge in [0.2, 0.25) is 6.79 Å². The molecule has 2 aromatic carbocycles. The van der Waals surface area contributed by atoms with Crippen LogP contribution in [0, 0.1) is 0 Å². The molecule has 0 saturated heterocycles. The number of ether oxygens (including phenoxy) is 2. The normalized spacial score (nSPS) is 12.9. The van der Waals surface area contributed by atoms with Gasteiger partial charge >= 0.3 is 5.97 Å². The van der Waals surface area contributed by atoms with E-state index in [0.29, 0.717) is 22.3 Å². The van der Waals surface area contributed by atoms with Crippen molar-refractivity contribution in [3.63, 3.8) is 0 Å². The smallest absolute Gasteiger partial charge is 0.335 e. The number of carbonyl (C=O) groups is 1. The van der Waals surface area contributed by atoms with E-state index in [1.807, 2.05) is 0 Å². The molecule has 0 amide bonds. The Hall–Kier alpha value is -2.43. The first-order chi connectivity index (χ1) is 8.16. The molecule has 5 nitrogen and oxygen atoms in total. The summed E-state index contributed by atoms with van der Waals surface area (Å²) in [5, 5.41) is 19.8. The molecule has 0 bridgehead atoms. The van der Waals surface area contributed by atoms with E-state index in [2.05, 4.69) is 0 Å². The fourth-order valence-corrected chi connectivity index (χ4v) is 1.91. The van der Waals surface area contributed by atoms with Crippen LogP contribution in [0.1, 0.15) is 10.4 Å². The fraction of sp³-hybridized carbons (Fsp3) is 0.0833. The quantitative estimate of drug-likeness (QED) is 0.786. The van der Waals surface area contributed by atoms with Gasteiger partial charge in [0.1, 0.15) is 5.75 Å². The number of benzene rings is 2. The van der Waals surface area contributed by atoms with Crippen molar-refractivity contribution in [3.05, 3.63) is 29.8 Å². The second kappa shape index (κ2) is 3.28. The van der Waals surface area contributed by atoms with E-state index in [1.54, 1.807) is 12.1 Å². The van der Waals surface area contributed by atoms with Gasteiger partial charge in [-0.2, -0.15) is 0 Å². The van der Waals surface area contributed by atoms with Gasteiger partial charge in [0.25, 0.3) is 0 Å². The van der Waals surface area contributed by atoms with Crippen LogP contribution in [0.3, 0.4) is 0 Å². The summed E-state index contributed by atoms with van der Waals surface area (Å²) in [5.41, 5.74) is 0.0129. The summed E-state index contributed by atoms with van der Waals surface area (Å²) in [5.74, 6) is -0.155. The Morgan fingerprint density at radius 3 is 2.76 bits per heavy atom. The van der Waals surface area contributed by atoms with Crippen molar-refractivity contribution in [3.8, 4) is 17.2 Å². The summed E-state index contributed by atoms with van der Waals surface area (Å²) in [6, 6.07) is 6.03. The summed E-state index contributed by atoms with van der Waals surface area (Å²) in [7, 11) is 0. The molecule has 0 fully saturated rings. The van der Waals surface area contributed by atoms with E-state index in [0.717, 1.165) is 0 Å². The number of rotatable bonds is 1. The Morgan fingerprint density at radius 1 is 1.18 bits per heavy atom. The molecule has 86 valence electrons. The number of hydrogen-bond acceptors (Lipinski definition) is 4. The van der Waals surface area contributed by atoms with Gasteiger partial charge in [0, 0.05) is 10.8 Å². The van der Waals surface area contributed by atoms with Crippen LogP contribution in [0.15, 0.2) is 24.3 Å². The summed E-state index contributed by atoms with van der Waals surface area (Å²) in [4.78, 5) is 10.9. The van der Waals surface area contributed by atoms with Crippen molar-refractivity contribution < 1.29 is 24.5 Å². The second-order valence-corrected chi connectivity index (χ2v) is 3.69. The molecule has 2 aromatic rings. The number of hydrogen-bond donors (Lipinski definition) is 2. The fourth-order valence-electron chi connectivity index (χ4n) is 1.91. The van der Waals surface area contributed by atoms with Crippen LogP contribution < -0.4 is 9.47 Å². The number of carboxylic acids is 1. The van der Waals surface area contributed by atoms with E-state index in [-0.39, 0.29) is 18.1 Å². The minimum Gasteiger partial charge on any atom is -0.507 e. The SMILES string of the molecule is O=C(O)c1cc(O)c2ccc3c(c2c1)OCO3. The van der Waals surface area contributed by atoms with Gasteiger partial charge in [-0.05, 0) is 24.3 Å². The lowest BCUT2D eigenvalue weighted by Gasteiger charge is -2.06. The maximum atomic E-state index is 10.9. The molecule has 0 saturated carbocycles. The first kappa shape index (κ1) is 9.77. The topological polar surface area (TPSA) is 76.0 Å². The van der Waals surface area contributed by atoms with Crippen LogP contribution in [0.2, 0.25) is 0 Å². The monoisotopic (exact) mass is 232 g/mol. The van der Waals surface area contributed by atoms with Crippen LogP contribution in [-0.4, -0.2) is 23.0 Å². The summed E-state index contributed by atoms with van der Waals surface area (Å²) >= 11 is 0. The highest BCUT2D eigenvalue weighted by Gasteiger charge is 2.19. The number of aromatic hydroxyl groups is 1. The molecular formula is C12H8O5. The third-order valence-corrected chi connectivity index (χ3v) is 2.69. The molecule has 0 radical (unpaired) electrons. The number of phenols is 1. The largest absolute Gasteiger partial charge is 0.507 e. The zero-order valence-electron chi connectivity index (χ0n) is 8.64. The molecule has 0 atom stereocenters. The predicted octanol–water partition coefficient (Wildman–Crippen LogP) is 1.97. The molecule has 0 spiro atoms. The second-order valence-electron chi connectivity index (χ2n) is 3.69. The predicted molar refractivity (Wildman–Crippen MR) is 58.7 cm³/mol. The molecule has 17 heavy (non-hydrogen) atoms. The van der Waals surface area contributed by atoms with Crippen LogP contribution >= 0.6 is 0 Å². The number of fused-ring (bicyclic) bond motifs is 3. The van der Waals surface area contributed by atoms with E-state index < -0.39 is 5.97 Å². The lowest BCUT2D eigenvalue weighted by Crippen LogP contribution is -1.96. The molecule has 1 aliphatic rings. The average Bonchev–Trinajstić information content (AvgIpc) is 2.76. The summed E-state index contributed by atoms with van der Waals surface area (Å²) in [6.07, 6.45) is 0. The first-order valence-electron chi connectivity index (χ1n) is 4.95. The maximum absolute atomic E-state index is 10.9. The Labute approximate surface area is 95.8 Å². The minimum atomic E-state index is -1.10. The summed E-state index contributed by atoms with van der Waals surface area (Å²) < 4.78 is 10.5. The lowest BCUT2D eigenvalue weighted by molar-refractivity contribution is 0.0696. The van der Waals surface area contributed by atoms with Gasteiger partial charge in [0.05, 0.1) is 5.56 Å². The maximum Gasteiger partial charge on any atom is 0.335 e. The zero-order valence-corrected chi connectivity index (χ0v) is 8.64.